The molecule has 0 radical (unpaired) electrons. The molecule has 140 valence electrons. The number of hydrogen-bond donors (Lipinski definition) is 3. The van der Waals surface area contributed by atoms with Crippen molar-refractivity contribution in [2.24, 2.45) is 0 Å². The van der Waals surface area contributed by atoms with Crippen LogP contribution in [0.3, 0.4) is 0 Å². The summed E-state index contributed by atoms with van der Waals surface area (Å²) in [5, 5.41) is 5.14. The third-order valence-electron chi connectivity index (χ3n) is 5.33. The molecular formula is C21H31N3O2+2. The van der Waals surface area contributed by atoms with Crippen molar-refractivity contribution in [3.05, 3.63) is 54.0 Å². The van der Waals surface area contributed by atoms with Gasteiger partial charge < -0.3 is 20.0 Å². The van der Waals surface area contributed by atoms with E-state index in [-0.39, 0.29) is 11.9 Å². The molecule has 1 aromatic heterocycles. The molecule has 1 saturated heterocycles. The van der Waals surface area contributed by atoms with Crippen LogP contribution < -0.4 is 15.5 Å². The molecule has 2 aromatic rings. The van der Waals surface area contributed by atoms with Crippen molar-refractivity contribution < 1.29 is 19.4 Å². The summed E-state index contributed by atoms with van der Waals surface area (Å²) in [6, 6.07) is 12.1. The summed E-state index contributed by atoms with van der Waals surface area (Å²) in [5.74, 6) is 1.07. The van der Waals surface area contributed by atoms with Crippen LogP contribution in [0.2, 0.25) is 0 Å². The monoisotopic (exact) mass is 357 g/mol. The maximum absolute atomic E-state index is 12.5. The first-order chi connectivity index (χ1) is 12.6. The number of hydrogen-bond acceptors (Lipinski definition) is 2. The standard InChI is InChI=1S/C21H29N3O2/c1-16-8-10-18(11-9-16)23-21(25)17(2)22-15-19(20-7-6-14-26-20)24-12-4-3-5-13-24/h6-11,14,17,19,22H,3-5,12-13,15H2,1-2H3,(H,23,25)/p+2/t17-,19+/m1/s1. The predicted octanol–water partition coefficient (Wildman–Crippen LogP) is 1.29. The molecule has 5 nitrogen and oxygen atoms in total. The normalized spacial score (nSPS) is 17.6. The number of anilines is 1. The molecule has 2 heterocycles. The second-order valence-corrected chi connectivity index (χ2v) is 7.40. The lowest BCUT2D eigenvalue weighted by atomic mass is 10.1. The maximum Gasteiger partial charge on any atom is 0.282 e. The average Bonchev–Trinajstić information content (AvgIpc) is 3.19. The summed E-state index contributed by atoms with van der Waals surface area (Å²) in [4.78, 5) is 14.1. The number of nitrogens with one attached hydrogen (secondary N) is 2. The van der Waals surface area contributed by atoms with E-state index in [1.807, 2.05) is 44.2 Å². The van der Waals surface area contributed by atoms with Crippen LogP contribution in [-0.2, 0) is 4.79 Å². The van der Waals surface area contributed by atoms with Crippen LogP contribution in [0.15, 0.2) is 47.1 Å². The fraction of sp³-hybridized carbons (Fsp3) is 0.476. The number of likely N-dealkylation sites (tertiary alicyclic amines) is 1. The molecule has 4 N–H and O–H groups in total. The maximum atomic E-state index is 12.5. The first kappa shape index (κ1) is 18.7. The fourth-order valence-electron chi connectivity index (χ4n) is 3.67. The zero-order valence-corrected chi connectivity index (χ0v) is 15.8. The number of aryl methyl sites for hydroxylation is 1. The topological polar surface area (TPSA) is 63.3 Å². The number of benzene rings is 1. The summed E-state index contributed by atoms with van der Waals surface area (Å²) in [6.45, 7) is 7.23. The van der Waals surface area contributed by atoms with Gasteiger partial charge in [0.2, 0.25) is 0 Å². The lowest BCUT2D eigenvalue weighted by Crippen LogP contribution is -3.16. The first-order valence-corrected chi connectivity index (χ1v) is 9.72. The number of rotatable bonds is 7. The third-order valence-corrected chi connectivity index (χ3v) is 5.33. The summed E-state index contributed by atoms with van der Waals surface area (Å²) < 4.78 is 5.71. The van der Waals surface area contributed by atoms with E-state index in [9.17, 15) is 4.79 Å². The summed E-state index contributed by atoms with van der Waals surface area (Å²) in [6.07, 6.45) is 5.62. The second kappa shape index (κ2) is 9.01. The van der Waals surface area contributed by atoms with Gasteiger partial charge in [-0.05, 0) is 57.4 Å². The Hall–Kier alpha value is -2.11. The smallest absolute Gasteiger partial charge is 0.282 e. The van der Waals surface area contributed by atoms with Gasteiger partial charge in [0.25, 0.3) is 5.91 Å². The van der Waals surface area contributed by atoms with Gasteiger partial charge in [-0.2, -0.15) is 0 Å². The van der Waals surface area contributed by atoms with Crippen molar-refractivity contribution in [3.63, 3.8) is 0 Å². The van der Waals surface area contributed by atoms with Gasteiger partial charge in [-0.15, -0.1) is 0 Å². The Morgan fingerprint density at radius 2 is 1.92 bits per heavy atom. The SMILES string of the molecule is Cc1ccc(NC(=O)[C@@H](C)[NH2+]C[C@@H](c2ccco2)[NH+]2CCCCC2)cc1. The predicted molar refractivity (Wildman–Crippen MR) is 102 cm³/mol. The number of amides is 1. The molecule has 1 aliphatic rings. The van der Waals surface area contributed by atoms with Crippen molar-refractivity contribution >= 4 is 11.6 Å². The van der Waals surface area contributed by atoms with Crippen LogP contribution in [0.5, 0.6) is 0 Å². The lowest BCUT2D eigenvalue weighted by Gasteiger charge is -2.29. The van der Waals surface area contributed by atoms with Gasteiger partial charge in [-0.25, -0.2) is 0 Å². The van der Waals surface area contributed by atoms with E-state index in [1.165, 1.54) is 37.9 Å². The Labute approximate surface area is 155 Å². The van der Waals surface area contributed by atoms with Gasteiger partial charge >= 0.3 is 0 Å². The number of quaternary nitrogens is 2. The second-order valence-electron chi connectivity index (χ2n) is 7.40. The van der Waals surface area contributed by atoms with E-state index in [1.54, 1.807) is 11.2 Å². The van der Waals surface area contributed by atoms with Crippen LogP contribution in [0.4, 0.5) is 5.69 Å². The highest BCUT2D eigenvalue weighted by atomic mass is 16.3. The van der Waals surface area contributed by atoms with Gasteiger partial charge in [0.1, 0.15) is 6.54 Å². The first-order valence-electron chi connectivity index (χ1n) is 9.72. The molecule has 1 fully saturated rings. The Balaban J connectivity index is 1.57. The Kier molecular flexibility index (Phi) is 6.47. The minimum absolute atomic E-state index is 0.0423. The van der Waals surface area contributed by atoms with E-state index in [4.69, 9.17) is 4.42 Å². The van der Waals surface area contributed by atoms with Crippen molar-refractivity contribution in [2.45, 2.75) is 45.2 Å². The van der Waals surface area contributed by atoms with Gasteiger partial charge in [0.15, 0.2) is 17.8 Å². The van der Waals surface area contributed by atoms with Crippen LogP contribution in [0.1, 0.15) is 43.6 Å². The number of carbonyl (C=O) groups is 1. The number of carbonyl (C=O) groups excluding carboxylic acids is 1. The largest absolute Gasteiger partial charge is 0.463 e. The Bertz CT molecular complexity index is 676. The van der Waals surface area contributed by atoms with Crippen molar-refractivity contribution in [1.29, 1.82) is 0 Å². The molecule has 0 saturated carbocycles. The van der Waals surface area contributed by atoms with Crippen LogP contribution in [-0.4, -0.2) is 31.6 Å². The zero-order chi connectivity index (χ0) is 18.4. The van der Waals surface area contributed by atoms with Crippen LogP contribution >= 0.6 is 0 Å². The number of nitrogens with two attached hydrogens (primary N) is 1. The van der Waals surface area contributed by atoms with E-state index >= 15 is 0 Å². The minimum atomic E-state index is -0.141. The molecule has 1 amide bonds. The van der Waals surface area contributed by atoms with E-state index < -0.39 is 0 Å². The highest BCUT2D eigenvalue weighted by molar-refractivity contribution is 5.93. The van der Waals surface area contributed by atoms with Gasteiger partial charge in [0.05, 0.1) is 19.4 Å². The number of piperidine rings is 1. The molecule has 0 spiro atoms. The molecule has 0 aliphatic carbocycles. The minimum Gasteiger partial charge on any atom is -0.463 e. The summed E-state index contributed by atoms with van der Waals surface area (Å²) in [7, 11) is 0. The lowest BCUT2D eigenvalue weighted by molar-refractivity contribution is -0.951. The van der Waals surface area contributed by atoms with Crippen LogP contribution in [0, 0.1) is 6.92 Å². The summed E-state index contributed by atoms with van der Waals surface area (Å²) in [5.41, 5.74) is 2.04. The molecule has 1 aliphatic heterocycles. The average molecular weight is 357 g/mol. The molecule has 0 bridgehead atoms. The highest BCUT2D eigenvalue weighted by Gasteiger charge is 2.31. The van der Waals surface area contributed by atoms with Crippen molar-refractivity contribution in [2.75, 3.05) is 25.0 Å². The van der Waals surface area contributed by atoms with Gasteiger partial charge in [-0.1, -0.05) is 17.7 Å². The molecular weight excluding hydrogens is 326 g/mol. The van der Waals surface area contributed by atoms with Crippen molar-refractivity contribution in [3.8, 4) is 0 Å². The Morgan fingerprint density at radius 3 is 2.58 bits per heavy atom. The molecule has 2 atom stereocenters. The van der Waals surface area contributed by atoms with E-state index in [2.05, 4.69) is 16.7 Å². The van der Waals surface area contributed by atoms with Crippen molar-refractivity contribution in [1.82, 2.24) is 0 Å². The zero-order valence-electron chi connectivity index (χ0n) is 15.8. The number of furan rings is 1. The quantitative estimate of drug-likeness (QED) is 0.699. The van der Waals surface area contributed by atoms with E-state index in [0.29, 0.717) is 6.04 Å². The Morgan fingerprint density at radius 1 is 1.19 bits per heavy atom. The molecule has 3 rings (SSSR count). The summed E-state index contributed by atoms with van der Waals surface area (Å²) >= 11 is 0. The van der Waals surface area contributed by atoms with Gasteiger partial charge in [0, 0.05) is 5.69 Å². The molecule has 26 heavy (non-hydrogen) atoms. The van der Waals surface area contributed by atoms with Crippen LogP contribution in [0.25, 0.3) is 0 Å². The molecule has 0 unspecified atom stereocenters. The van der Waals surface area contributed by atoms with E-state index in [0.717, 1.165) is 18.0 Å². The highest BCUT2D eigenvalue weighted by Crippen LogP contribution is 2.11. The fourth-order valence-corrected chi connectivity index (χ4v) is 3.67. The third kappa shape index (κ3) is 4.96. The van der Waals surface area contributed by atoms with Gasteiger partial charge in [-0.3, -0.25) is 4.79 Å². The molecule has 5 heteroatoms. The molecule has 1 aromatic carbocycles.